The van der Waals surface area contributed by atoms with Crippen LogP contribution in [-0.2, 0) is 16.0 Å². The molecule has 0 bridgehead atoms. The number of amides is 2. The molecule has 8 nitrogen and oxygen atoms in total. The highest BCUT2D eigenvalue weighted by Crippen LogP contribution is 2.52. The molecule has 4 rings (SSSR count). The lowest BCUT2D eigenvalue weighted by Gasteiger charge is -2.37. The number of carbonyl (C=O) groups is 2. The van der Waals surface area contributed by atoms with Crippen molar-refractivity contribution in [3.63, 3.8) is 0 Å². The van der Waals surface area contributed by atoms with Crippen molar-refractivity contribution in [1.29, 1.82) is 0 Å². The first-order valence-electron chi connectivity index (χ1n) is 8.81. The molecule has 0 radical (unpaired) electrons. The summed E-state index contributed by atoms with van der Waals surface area (Å²) >= 11 is 0. The van der Waals surface area contributed by atoms with Gasteiger partial charge in [0.1, 0.15) is 6.42 Å². The van der Waals surface area contributed by atoms with Crippen LogP contribution in [0.5, 0.6) is 0 Å². The summed E-state index contributed by atoms with van der Waals surface area (Å²) in [6.07, 6.45) is 2.95. The van der Waals surface area contributed by atoms with Crippen LogP contribution in [0.15, 0.2) is 9.62 Å². The second-order valence-electron chi connectivity index (χ2n) is 7.56. The van der Waals surface area contributed by atoms with Crippen LogP contribution in [0.3, 0.4) is 0 Å². The van der Waals surface area contributed by atoms with E-state index in [0.717, 1.165) is 31.5 Å². The molecule has 3 atom stereocenters. The van der Waals surface area contributed by atoms with Gasteiger partial charge in [-0.05, 0) is 32.6 Å². The van der Waals surface area contributed by atoms with E-state index in [-0.39, 0.29) is 29.7 Å². The van der Waals surface area contributed by atoms with Gasteiger partial charge in [0.05, 0.1) is 5.54 Å². The maximum atomic E-state index is 12.6. The lowest BCUT2D eigenvalue weighted by atomic mass is 9.81. The molecule has 3 aliphatic rings. The maximum Gasteiger partial charge on any atom is 0.240 e. The minimum absolute atomic E-state index is 0.0105. The van der Waals surface area contributed by atoms with Crippen LogP contribution in [0.2, 0.25) is 0 Å². The molecule has 1 aromatic heterocycles. The third-order valence-corrected chi connectivity index (χ3v) is 5.86. The zero-order valence-corrected chi connectivity index (χ0v) is 14.9. The number of carbonyl (C=O) groups excluding carboxylic acids is 2. The van der Waals surface area contributed by atoms with Gasteiger partial charge in [-0.2, -0.15) is 10.1 Å². The molecule has 1 aromatic rings. The molecule has 1 saturated carbocycles. The minimum Gasteiger partial charge on any atom is -0.342 e. The SMILES string of the molecule is CC(=O)N1N=C(C)CC12CCC1CN(C(=O)Cc3nc(C)no3)CC12. The maximum absolute atomic E-state index is 12.6. The number of aryl methyl sites for hydroxylation is 1. The summed E-state index contributed by atoms with van der Waals surface area (Å²) in [5.74, 6) is 1.61. The van der Waals surface area contributed by atoms with Crippen LogP contribution in [0.4, 0.5) is 0 Å². The van der Waals surface area contributed by atoms with Gasteiger partial charge in [-0.1, -0.05) is 5.16 Å². The highest BCUT2D eigenvalue weighted by atomic mass is 16.5. The van der Waals surface area contributed by atoms with Crippen LogP contribution in [0, 0.1) is 18.8 Å². The van der Waals surface area contributed by atoms with Crippen molar-refractivity contribution in [2.45, 2.75) is 52.0 Å². The van der Waals surface area contributed by atoms with E-state index in [4.69, 9.17) is 4.52 Å². The Morgan fingerprint density at radius 1 is 1.32 bits per heavy atom. The van der Waals surface area contributed by atoms with Gasteiger partial charge in [0.25, 0.3) is 0 Å². The molecule has 2 fully saturated rings. The van der Waals surface area contributed by atoms with Crippen LogP contribution in [0.1, 0.15) is 44.8 Å². The summed E-state index contributed by atoms with van der Waals surface area (Å²) in [5, 5.41) is 9.92. The van der Waals surface area contributed by atoms with E-state index in [2.05, 4.69) is 15.2 Å². The number of hydrogen-bond donors (Lipinski definition) is 0. The van der Waals surface area contributed by atoms with Gasteiger partial charge < -0.3 is 9.42 Å². The number of aromatic nitrogens is 2. The smallest absolute Gasteiger partial charge is 0.240 e. The van der Waals surface area contributed by atoms with E-state index in [0.29, 0.717) is 24.2 Å². The summed E-state index contributed by atoms with van der Waals surface area (Å²) in [7, 11) is 0. The first-order valence-corrected chi connectivity index (χ1v) is 8.81. The Balaban J connectivity index is 1.50. The van der Waals surface area contributed by atoms with Gasteiger partial charge >= 0.3 is 0 Å². The van der Waals surface area contributed by atoms with E-state index < -0.39 is 0 Å². The van der Waals surface area contributed by atoms with E-state index in [1.165, 1.54) is 0 Å². The number of nitrogens with zero attached hydrogens (tertiary/aromatic N) is 5. The highest BCUT2D eigenvalue weighted by molar-refractivity contribution is 5.89. The van der Waals surface area contributed by atoms with Crippen molar-refractivity contribution in [1.82, 2.24) is 20.0 Å². The summed E-state index contributed by atoms with van der Waals surface area (Å²) in [6.45, 7) is 6.70. The number of hydrazone groups is 1. The molecule has 25 heavy (non-hydrogen) atoms. The predicted octanol–water partition coefficient (Wildman–Crippen LogP) is 1.16. The normalized spacial score (nSPS) is 30.9. The Morgan fingerprint density at radius 3 is 2.80 bits per heavy atom. The molecule has 1 spiro atoms. The quantitative estimate of drug-likeness (QED) is 0.802. The van der Waals surface area contributed by atoms with Crippen LogP contribution in [-0.4, -0.2) is 56.2 Å². The van der Waals surface area contributed by atoms with E-state index in [1.54, 1.807) is 18.9 Å². The van der Waals surface area contributed by atoms with Gasteiger partial charge in [-0.25, -0.2) is 5.01 Å². The monoisotopic (exact) mass is 345 g/mol. The van der Waals surface area contributed by atoms with E-state index in [9.17, 15) is 9.59 Å². The van der Waals surface area contributed by atoms with Crippen molar-refractivity contribution in [3.8, 4) is 0 Å². The average Bonchev–Trinajstić information content (AvgIpc) is 3.26. The molecule has 0 N–H and O–H groups in total. The number of hydrogen-bond acceptors (Lipinski definition) is 6. The van der Waals surface area contributed by atoms with Gasteiger partial charge in [-0.3, -0.25) is 9.59 Å². The lowest BCUT2D eigenvalue weighted by molar-refractivity contribution is -0.135. The zero-order valence-electron chi connectivity index (χ0n) is 14.9. The predicted molar refractivity (Wildman–Crippen MR) is 88.5 cm³/mol. The highest BCUT2D eigenvalue weighted by Gasteiger charge is 2.59. The van der Waals surface area contributed by atoms with Crippen molar-refractivity contribution in [2.24, 2.45) is 16.9 Å². The summed E-state index contributed by atoms with van der Waals surface area (Å²) in [4.78, 5) is 30.7. The van der Waals surface area contributed by atoms with Crippen molar-refractivity contribution >= 4 is 17.5 Å². The first kappa shape index (κ1) is 16.2. The fourth-order valence-corrected chi connectivity index (χ4v) is 4.94. The van der Waals surface area contributed by atoms with Crippen molar-refractivity contribution in [3.05, 3.63) is 11.7 Å². The number of fused-ring (bicyclic) bond motifs is 2. The Labute approximate surface area is 146 Å². The van der Waals surface area contributed by atoms with Gasteiger partial charge in [0.15, 0.2) is 5.82 Å². The van der Waals surface area contributed by atoms with Gasteiger partial charge in [-0.15, -0.1) is 0 Å². The topological polar surface area (TPSA) is 91.9 Å². The number of likely N-dealkylation sites (tertiary alicyclic amines) is 1. The molecule has 8 heteroatoms. The van der Waals surface area contributed by atoms with Crippen molar-refractivity contribution < 1.29 is 14.1 Å². The molecular weight excluding hydrogens is 322 g/mol. The molecule has 0 aromatic carbocycles. The van der Waals surface area contributed by atoms with Gasteiger partial charge in [0, 0.05) is 38.1 Å². The molecule has 3 unspecified atom stereocenters. The van der Waals surface area contributed by atoms with E-state index >= 15 is 0 Å². The second kappa shape index (κ2) is 5.64. The molecule has 2 aliphatic heterocycles. The number of rotatable bonds is 2. The van der Waals surface area contributed by atoms with Crippen molar-refractivity contribution in [2.75, 3.05) is 13.1 Å². The van der Waals surface area contributed by atoms with Crippen LogP contribution < -0.4 is 0 Å². The fourth-order valence-electron chi connectivity index (χ4n) is 4.94. The van der Waals surface area contributed by atoms with Crippen LogP contribution in [0.25, 0.3) is 0 Å². The third-order valence-electron chi connectivity index (χ3n) is 5.86. The van der Waals surface area contributed by atoms with E-state index in [1.807, 2.05) is 11.8 Å². The first-order chi connectivity index (χ1) is 11.9. The lowest BCUT2D eigenvalue weighted by Crippen LogP contribution is -2.50. The Morgan fingerprint density at radius 2 is 2.12 bits per heavy atom. The third kappa shape index (κ3) is 2.54. The Bertz CT molecular complexity index is 757. The summed E-state index contributed by atoms with van der Waals surface area (Å²) in [5.41, 5.74) is 0.762. The standard InChI is InChI=1S/C17H23N5O3/c1-10-7-17(22(19-10)12(3)23)5-4-13-8-21(9-14(13)17)16(24)6-15-18-11(2)20-25-15/h13-14H,4-9H2,1-3H3. The molecule has 2 amide bonds. The molecule has 1 aliphatic carbocycles. The molecule has 3 heterocycles. The largest absolute Gasteiger partial charge is 0.342 e. The minimum atomic E-state index is -0.239. The average molecular weight is 345 g/mol. The van der Waals surface area contributed by atoms with Crippen LogP contribution >= 0.6 is 0 Å². The summed E-state index contributed by atoms with van der Waals surface area (Å²) < 4.78 is 5.06. The zero-order chi connectivity index (χ0) is 17.8. The summed E-state index contributed by atoms with van der Waals surface area (Å²) in [6, 6.07) is 0. The van der Waals surface area contributed by atoms with Gasteiger partial charge in [0.2, 0.25) is 17.7 Å². The Kier molecular flexibility index (Phi) is 3.66. The molecular formula is C17H23N5O3. The molecule has 134 valence electrons. The fraction of sp³-hybridized carbons (Fsp3) is 0.706. The second-order valence-corrected chi connectivity index (χ2v) is 7.56. The molecule has 1 saturated heterocycles. The Hall–Kier alpha value is -2.25.